The van der Waals surface area contributed by atoms with E-state index in [0.717, 1.165) is 17.0 Å². The summed E-state index contributed by atoms with van der Waals surface area (Å²) in [5.41, 5.74) is 3.88. The molecule has 6 heteroatoms. The number of carbonyl (C=O) groups excluding carboxylic acids is 1. The Hall–Kier alpha value is -3.02. The summed E-state index contributed by atoms with van der Waals surface area (Å²) < 4.78 is 12.5. The molecule has 0 aliphatic rings. The van der Waals surface area contributed by atoms with Gasteiger partial charge in [0.1, 0.15) is 22.7 Å². The molecule has 3 aromatic rings. The highest BCUT2D eigenvalue weighted by molar-refractivity contribution is 6.08. The minimum atomic E-state index is -0.293. The number of hydrogen-bond acceptors (Lipinski definition) is 4. The third-order valence-corrected chi connectivity index (χ3v) is 4.01. The molecule has 1 aromatic carbocycles. The lowest BCUT2D eigenvalue weighted by Gasteiger charge is -2.13. The number of rotatable bonds is 4. The first-order chi connectivity index (χ1) is 11.5. The summed E-state index contributed by atoms with van der Waals surface area (Å²) >= 11 is 0. The number of hydrogen-bond donors (Lipinski definition) is 1. The molecule has 0 atom stereocenters. The number of fused-ring (bicyclic) bond motifs is 1. The summed E-state index contributed by atoms with van der Waals surface area (Å²) in [6.07, 6.45) is 1.85. The molecule has 2 aromatic heterocycles. The molecule has 0 saturated heterocycles. The number of carbonyl (C=O) groups is 1. The van der Waals surface area contributed by atoms with E-state index < -0.39 is 0 Å². The maximum atomic E-state index is 12.7. The van der Waals surface area contributed by atoms with E-state index in [9.17, 15) is 4.79 Å². The van der Waals surface area contributed by atoms with E-state index in [1.807, 2.05) is 36.6 Å². The Morgan fingerprint density at radius 2 is 1.75 bits per heavy atom. The Kier molecular flexibility index (Phi) is 4.12. The predicted octanol–water partition coefficient (Wildman–Crippen LogP) is 3.22. The zero-order valence-corrected chi connectivity index (χ0v) is 14.1. The fourth-order valence-corrected chi connectivity index (χ4v) is 2.62. The zero-order chi connectivity index (χ0) is 17.3. The Labute approximate surface area is 140 Å². The van der Waals surface area contributed by atoms with Crippen LogP contribution in [0.3, 0.4) is 0 Å². The summed E-state index contributed by atoms with van der Waals surface area (Å²) in [6, 6.07) is 8.92. The molecule has 0 aliphatic heterocycles. The van der Waals surface area contributed by atoms with E-state index in [1.165, 1.54) is 14.2 Å². The Balaban J connectivity index is 1.97. The zero-order valence-electron chi connectivity index (χ0n) is 14.1. The van der Waals surface area contributed by atoms with Crippen LogP contribution in [0.2, 0.25) is 0 Å². The number of nitrogens with one attached hydrogen (secondary N) is 1. The number of aromatic nitrogens is 2. The average molecular weight is 325 g/mol. The van der Waals surface area contributed by atoms with Gasteiger partial charge in [-0.3, -0.25) is 4.79 Å². The maximum absolute atomic E-state index is 12.7. The van der Waals surface area contributed by atoms with Crippen LogP contribution in [-0.4, -0.2) is 29.5 Å². The van der Waals surface area contributed by atoms with Crippen molar-refractivity contribution >= 4 is 17.2 Å². The van der Waals surface area contributed by atoms with Gasteiger partial charge in [-0.2, -0.15) is 0 Å². The second-order valence-electron chi connectivity index (χ2n) is 5.42. The largest absolute Gasteiger partial charge is 0.496 e. The lowest BCUT2D eigenvalue weighted by molar-refractivity contribution is 0.102. The number of aryl methyl sites for hydroxylation is 2. The number of imidazole rings is 1. The number of nitrogens with zero attached hydrogens (tertiary/aromatic N) is 2. The van der Waals surface area contributed by atoms with Crippen LogP contribution >= 0.6 is 0 Å². The van der Waals surface area contributed by atoms with Gasteiger partial charge in [0.2, 0.25) is 0 Å². The molecular formula is C18H19N3O3. The highest BCUT2D eigenvalue weighted by Crippen LogP contribution is 2.29. The highest BCUT2D eigenvalue weighted by Gasteiger charge is 2.18. The average Bonchev–Trinajstić information content (AvgIpc) is 2.88. The SMILES string of the molecule is COc1cccc(OC)c1C(=O)Nc1ccc2nc(C)c(C)n2c1. The highest BCUT2D eigenvalue weighted by atomic mass is 16.5. The van der Waals surface area contributed by atoms with Crippen LogP contribution < -0.4 is 14.8 Å². The second-order valence-corrected chi connectivity index (χ2v) is 5.42. The quantitative estimate of drug-likeness (QED) is 0.800. The van der Waals surface area contributed by atoms with Crippen molar-refractivity contribution in [3.05, 3.63) is 53.5 Å². The van der Waals surface area contributed by atoms with Gasteiger partial charge in [-0.05, 0) is 38.1 Å². The third-order valence-electron chi connectivity index (χ3n) is 4.01. The van der Waals surface area contributed by atoms with E-state index >= 15 is 0 Å². The molecular weight excluding hydrogens is 306 g/mol. The molecule has 124 valence electrons. The number of benzene rings is 1. The summed E-state index contributed by atoms with van der Waals surface area (Å²) in [5.74, 6) is 0.628. The number of amides is 1. The van der Waals surface area contributed by atoms with Gasteiger partial charge in [-0.1, -0.05) is 6.07 Å². The van der Waals surface area contributed by atoms with E-state index in [4.69, 9.17) is 9.47 Å². The van der Waals surface area contributed by atoms with Gasteiger partial charge in [-0.15, -0.1) is 0 Å². The van der Waals surface area contributed by atoms with E-state index in [2.05, 4.69) is 10.3 Å². The molecule has 0 saturated carbocycles. The fraction of sp³-hybridized carbons (Fsp3) is 0.222. The smallest absolute Gasteiger partial charge is 0.263 e. The standard InChI is InChI=1S/C18H19N3O3/c1-11-12(2)21-10-13(8-9-16(21)19-11)20-18(22)17-14(23-3)6-5-7-15(17)24-4/h5-10H,1-4H3,(H,20,22). The molecule has 1 N–H and O–H groups in total. The molecule has 3 rings (SSSR count). The van der Waals surface area contributed by atoms with Gasteiger partial charge in [0.15, 0.2) is 0 Å². The molecule has 0 radical (unpaired) electrons. The number of pyridine rings is 1. The molecule has 0 fully saturated rings. The Morgan fingerprint density at radius 1 is 1.08 bits per heavy atom. The van der Waals surface area contributed by atoms with Crippen LogP contribution in [-0.2, 0) is 0 Å². The molecule has 0 bridgehead atoms. The van der Waals surface area contributed by atoms with Gasteiger partial charge < -0.3 is 19.2 Å². The van der Waals surface area contributed by atoms with E-state index in [0.29, 0.717) is 22.7 Å². The van der Waals surface area contributed by atoms with Crippen molar-refractivity contribution in [2.75, 3.05) is 19.5 Å². The van der Waals surface area contributed by atoms with Crippen molar-refractivity contribution in [3.8, 4) is 11.5 Å². The Morgan fingerprint density at radius 3 is 2.38 bits per heavy atom. The minimum Gasteiger partial charge on any atom is -0.496 e. The minimum absolute atomic E-state index is 0.293. The van der Waals surface area contributed by atoms with Gasteiger partial charge in [0.25, 0.3) is 5.91 Å². The van der Waals surface area contributed by atoms with Crippen LogP contribution in [0.5, 0.6) is 11.5 Å². The van der Waals surface area contributed by atoms with Crippen LogP contribution in [0, 0.1) is 13.8 Å². The predicted molar refractivity (Wildman–Crippen MR) is 92.2 cm³/mol. The van der Waals surface area contributed by atoms with Crippen molar-refractivity contribution in [3.63, 3.8) is 0 Å². The van der Waals surface area contributed by atoms with Crippen molar-refractivity contribution in [1.29, 1.82) is 0 Å². The van der Waals surface area contributed by atoms with E-state index in [1.54, 1.807) is 18.2 Å². The van der Waals surface area contributed by atoms with Crippen LogP contribution in [0.1, 0.15) is 21.7 Å². The molecule has 6 nitrogen and oxygen atoms in total. The van der Waals surface area contributed by atoms with Crippen molar-refractivity contribution in [2.45, 2.75) is 13.8 Å². The van der Waals surface area contributed by atoms with Crippen LogP contribution in [0.4, 0.5) is 5.69 Å². The van der Waals surface area contributed by atoms with Gasteiger partial charge in [0.05, 0.1) is 25.6 Å². The van der Waals surface area contributed by atoms with E-state index in [-0.39, 0.29) is 5.91 Å². The molecule has 0 aliphatic carbocycles. The fourth-order valence-electron chi connectivity index (χ4n) is 2.62. The lowest BCUT2D eigenvalue weighted by atomic mass is 10.1. The molecule has 2 heterocycles. The summed E-state index contributed by atoms with van der Waals surface area (Å²) in [5, 5.41) is 2.89. The second kappa shape index (κ2) is 6.23. The number of methoxy groups -OCH3 is 2. The first kappa shape index (κ1) is 15.9. The van der Waals surface area contributed by atoms with Crippen molar-refractivity contribution in [2.24, 2.45) is 0 Å². The van der Waals surface area contributed by atoms with Gasteiger partial charge in [-0.25, -0.2) is 4.98 Å². The molecule has 0 spiro atoms. The molecule has 24 heavy (non-hydrogen) atoms. The van der Waals surface area contributed by atoms with Crippen LogP contribution in [0.25, 0.3) is 5.65 Å². The number of anilines is 1. The third kappa shape index (κ3) is 2.67. The maximum Gasteiger partial charge on any atom is 0.263 e. The topological polar surface area (TPSA) is 64.9 Å². The first-order valence-corrected chi connectivity index (χ1v) is 7.52. The van der Waals surface area contributed by atoms with Gasteiger partial charge >= 0.3 is 0 Å². The molecule has 1 amide bonds. The Bertz CT molecular complexity index is 893. The summed E-state index contributed by atoms with van der Waals surface area (Å²) in [6.45, 7) is 3.95. The van der Waals surface area contributed by atoms with Crippen molar-refractivity contribution < 1.29 is 14.3 Å². The summed E-state index contributed by atoms with van der Waals surface area (Å²) in [4.78, 5) is 17.2. The summed E-state index contributed by atoms with van der Waals surface area (Å²) in [7, 11) is 3.05. The lowest BCUT2D eigenvalue weighted by Crippen LogP contribution is -2.15. The normalized spacial score (nSPS) is 10.7. The van der Waals surface area contributed by atoms with Crippen LogP contribution in [0.15, 0.2) is 36.5 Å². The van der Waals surface area contributed by atoms with Gasteiger partial charge in [0, 0.05) is 11.9 Å². The van der Waals surface area contributed by atoms with Crippen molar-refractivity contribution in [1.82, 2.24) is 9.38 Å². The first-order valence-electron chi connectivity index (χ1n) is 7.52. The monoisotopic (exact) mass is 325 g/mol. The number of ether oxygens (including phenoxy) is 2. The molecule has 0 unspecified atom stereocenters.